The molecule has 3 nitrogen and oxygen atoms in total. The third-order valence-corrected chi connectivity index (χ3v) is 1.39. The highest BCUT2D eigenvalue weighted by Gasteiger charge is 2.29. The SMILES string of the molecule is F[B-](F)(F)c1cnc(OCC(F)(F)F)nc1. The minimum absolute atomic E-state index is 0.374. The zero-order valence-corrected chi connectivity index (χ0v) is 7.51. The minimum Gasteiger partial charge on any atom is -0.454 e. The summed E-state index contributed by atoms with van der Waals surface area (Å²) in [7, 11) is 0. The second-order valence-corrected chi connectivity index (χ2v) is 2.78. The molecule has 0 atom stereocenters. The number of halogens is 6. The Labute approximate surface area is 85.5 Å². The fourth-order valence-corrected chi connectivity index (χ4v) is 0.716. The second kappa shape index (κ2) is 4.18. The molecule has 1 aromatic heterocycles. The first kappa shape index (κ1) is 12.6. The van der Waals surface area contributed by atoms with Gasteiger partial charge in [0.05, 0.1) is 0 Å². The molecule has 10 heteroatoms. The van der Waals surface area contributed by atoms with Crippen molar-refractivity contribution in [2.75, 3.05) is 6.61 Å². The average molecular weight is 245 g/mol. The molecule has 0 N–H and O–H groups in total. The van der Waals surface area contributed by atoms with E-state index in [0.29, 0.717) is 12.4 Å². The highest BCUT2D eigenvalue weighted by molar-refractivity contribution is 6.73. The van der Waals surface area contributed by atoms with Crippen molar-refractivity contribution in [3.8, 4) is 6.01 Å². The smallest absolute Gasteiger partial charge is 0.454 e. The zero-order valence-electron chi connectivity index (χ0n) is 7.51. The van der Waals surface area contributed by atoms with Crippen LogP contribution in [0.2, 0.25) is 0 Å². The lowest BCUT2D eigenvalue weighted by Crippen LogP contribution is -2.34. The van der Waals surface area contributed by atoms with Crippen LogP contribution in [0.15, 0.2) is 12.4 Å². The number of hydrogen-bond donors (Lipinski definition) is 0. The van der Waals surface area contributed by atoms with Gasteiger partial charge >= 0.3 is 19.2 Å². The Hall–Kier alpha value is -1.48. The van der Waals surface area contributed by atoms with Crippen LogP contribution in [0, 0.1) is 0 Å². The summed E-state index contributed by atoms with van der Waals surface area (Å²) < 4.78 is 75.2. The largest absolute Gasteiger partial charge is 0.512 e. The molecule has 0 aromatic carbocycles. The van der Waals surface area contributed by atoms with Gasteiger partial charge in [-0.2, -0.15) is 13.2 Å². The Kier molecular flexibility index (Phi) is 3.29. The van der Waals surface area contributed by atoms with Crippen LogP contribution in [0.5, 0.6) is 6.01 Å². The molecule has 16 heavy (non-hydrogen) atoms. The molecular weight excluding hydrogens is 241 g/mol. The van der Waals surface area contributed by atoms with Crippen molar-refractivity contribution in [1.82, 2.24) is 9.97 Å². The zero-order chi connectivity index (χ0) is 12.4. The number of ether oxygens (including phenoxy) is 1. The van der Waals surface area contributed by atoms with Gasteiger partial charge in [0.25, 0.3) is 0 Å². The van der Waals surface area contributed by atoms with E-state index in [1.165, 1.54) is 0 Å². The Bertz CT molecular complexity index is 348. The predicted molar refractivity (Wildman–Crippen MR) is 42.3 cm³/mol. The first-order valence-corrected chi connectivity index (χ1v) is 3.90. The van der Waals surface area contributed by atoms with Gasteiger partial charge in [-0.25, -0.2) is 9.97 Å². The van der Waals surface area contributed by atoms with Gasteiger partial charge in [-0.3, -0.25) is 0 Å². The van der Waals surface area contributed by atoms with E-state index in [-0.39, 0.29) is 0 Å². The molecule has 0 saturated heterocycles. The topological polar surface area (TPSA) is 35.0 Å². The molecule has 0 spiro atoms. The summed E-state index contributed by atoms with van der Waals surface area (Å²) >= 11 is 0. The first-order chi connectivity index (χ1) is 7.18. The van der Waals surface area contributed by atoms with E-state index < -0.39 is 31.2 Å². The molecule has 0 unspecified atom stereocenters. The Balaban J connectivity index is 2.66. The molecule has 0 aliphatic heterocycles. The first-order valence-electron chi connectivity index (χ1n) is 3.90. The molecule has 0 aliphatic carbocycles. The Morgan fingerprint density at radius 2 is 1.62 bits per heavy atom. The van der Waals surface area contributed by atoms with Crippen molar-refractivity contribution < 1.29 is 30.9 Å². The number of hydrogen-bond acceptors (Lipinski definition) is 3. The molecule has 0 amide bonds. The van der Waals surface area contributed by atoms with E-state index in [4.69, 9.17) is 0 Å². The van der Waals surface area contributed by atoms with Crippen molar-refractivity contribution in [1.29, 1.82) is 0 Å². The lowest BCUT2D eigenvalue weighted by Gasteiger charge is -2.13. The standard InChI is InChI=1S/C6H4BF6N2O/c8-6(9,10)3-16-5-14-1-4(2-15-5)7(11,12)13/h1-2H,3H2/q-1. The van der Waals surface area contributed by atoms with Gasteiger partial charge in [-0.15, -0.1) is 0 Å². The summed E-state index contributed by atoms with van der Waals surface area (Å²) in [5.74, 6) is 0. The maximum atomic E-state index is 12.1. The highest BCUT2D eigenvalue weighted by atomic mass is 19.4. The minimum atomic E-state index is -5.26. The average Bonchev–Trinajstić information content (AvgIpc) is 2.13. The molecule has 0 saturated carbocycles. The van der Waals surface area contributed by atoms with Crippen LogP contribution in [0.4, 0.5) is 26.1 Å². The van der Waals surface area contributed by atoms with Crippen molar-refractivity contribution in [2.45, 2.75) is 6.18 Å². The summed E-state index contributed by atoms with van der Waals surface area (Å²) in [5, 5.41) is 0. The summed E-state index contributed by atoms with van der Waals surface area (Å²) in [6.45, 7) is -6.91. The van der Waals surface area contributed by atoms with Crippen molar-refractivity contribution in [2.24, 2.45) is 0 Å². The summed E-state index contributed by atoms with van der Waals surface area (Å²) in [6, 6.07) is -0.749. The fourth-order valence-electron chi connectivity index (χ4n) is 0.716. The fraction of sp³-hybridized carbons (Fsp3) is 0.333. The van der Waals surface area contributed by atoms with Crippen LogP contribution in [0.1, 0.15) is 0 Å². The van der Waals surface area contributed by atoms with E-state index in [2.05, 4.69) is 14.7 Å². The lowest BCUT2D eigenvalue weighted by molar-refractivity contribution is -0.154. The number of nitrogens with zero attached hydrogens (tertiary/aromatic N) is 2. The van der Waals surface area contributed by atoms with E-state index >= 15 is 0 Å². The van der Waals surface area contributed by atoms with Crippen molar-refractivity contribution in [3.63, 3.8) is 0 Å². The second-order valence-electron chi connectivity index (χ2n) is 2.78. The van der Waals surface area contributed by atoms with Crippen LogP contribution in [-0.2, 0) is 0 Å². The molecular formula is C6H4BF6N2O-. The highest BCUT2D eigenvalue weighted by Crippen LogP contribution is 2.15. The lowest BCUT2D eigenvalue weighted by atomic mass is 9.83. The van der Waals surface area contributed by atoms with Crippen molar-refractivity contribution >= 4 is 12.4 Å². The monoisotopic (exact) mass is 245 g/mol. The molecule has 1 rings (SSSR count). The number of alkyl halides is 3. The molecule has 90 valence electrons. The normalized spacial score (nSPS) is 12.6. The molecule has 0 radical (unpaired) electrons. The molecule has 1 aromatic rings. The van der Waals surface area contributed by atoms with Gasteiger partial charge in [0, 0.05) is 12.4 Å². The van der Waals surface area contributed by atoms with Crippen LogP contribution < -0.4 is 10.2 Å². The van der Waals surface area contributed by atoms with Gasteiger partial charge in [0.15, 0.2) is 6.61 Å². The van der Waals surface area contributed by atoms with Crippen LogP contribution in [0.3, 0.4) is 0 Å². The molecule has 0 fully saturated rings. The van der Waals surface area contributed by atoms with Gasteiger partial charge in [0.1, 0.15) is 0 Å². The maximum absolute atomic E-state index is 12.1. The van der Waals surface area contributed by atoms with Gasteiger partial charge in [-0.05, 0) is 0 Å². The predicted octanol–water partition coefficient (Wildman–Crippen LogP) is 1.47. The third-order valence-electron chi connectivity index (χ3n) is 1.39. The number of aromatic nitrogens is 2. The Morgan fingerprint density at radius 3 is 2.00 bits per heavy atom. The van der Waals surface area contributed by atoms with Crippen LogP contribution in [0.25, 0.3) is 0 Å². The van der Waals surface area contributed by atoms with Crippen molar-refractivity contribution in [3.05, 3.63) is 12.4 Å². The van der Waals surface area contributed by atoms with E-state index in [0.717, 1.165) is 0 Å². The van der Waals surface area contributed by atoms with Crippen LogP contribution >= 0.6 is 0 Å². The molecule has 1 heterocycles. The van der Waals surface area contributed by atoms with E-state index in [1.807, 2.05) is 0 Å². The summed E-state index contributed by atoms with van der Waals surface area (Å²) in [5.41, 5.74) is -1.10. The number of rotatable bonds is 3. The maximum Gasteiger partial charge on any atom is 0.512 e. The van der Waals surface area contributed by atoms with E-state index in [1.54, 1.807) is 0 Å². The van der Waals surface area contributed by atoms with Gasteiger partial charge in [0.2, 0.25) is 0 Å². The third kappa shape index (κ3) is 3.95. The van der Waals surface area contributed by atoms with Crippen LogP contribution in [-0.4, -0.2) is 29.7 Å². The summed E-state index contributed by atoms with van der Waals surface area (Å²) in [4.78, 5) is 6.02. The summed E-state index contributed by atoms with van der Waals surface area (Å²) in [6.07, 6.45) is -3.84. The quantitative estimate of drug-likeness (QED) is 0.597. The van der Waals surface area contributed by atoms with E-state index in [9.17, 15) is 26.1 Å². The molecule has 0 bridgehead atoms. The van der Waals surface area contributed by atoms with Gasteiger partial charge in [-0.1, -0.05) is 5.46 Å². The molecule has 0 aliphatic rings. The Morgan fingerprint density at radius 1 is 1.12 bits per heavy atom. The van der Waals surface area contributed by atoms with Gasteiger partial charge < -0.3 is 17.7 Å².